The number of aliphatic imine (C=N–C) groups is 1. The molecule has 1 aliphatic heterocycles. The highest BCUT2D eigenvalue weighted by molar-refractivity contribution is 5.80. The van der Waals surface area contributed by atoms with E-state index in [4.69, 9.17) is 14.1 Å². The van der Waals surface area contributed by atoms with Gasteiger partial charge in [-0.05, 0) is 32.4 Å². The van der Waals surface area contributed by atoms with Crippen LogP contribution < -0.4 is 5.32 Å². The maximum absolute atomic E-state index is 5.42. The first-order valence-electron chi connectivity index (χ1n) is 9.46. The van der Waals surface area contributed by atoms with Gasteiger partial charge < -0.3 is 19.4 Å². The smallest absolute Gasteiger partial charge is 0.194 e. The first-order chi connectivity index (χ1) is 12.2. The van der Waals surface area contributed by atoms with Crippen molar-refractivity contribution in [2.45, 2.75) is 45.7 Å². The molecule has 1 saturated heterocycles. The van der Waals surface area contributed by atoms with Crippen LogP contribution in [0.1, 0.15) is 33.0 Å². The van der Waals surface area contributed by atoms with Crippen molar-refractivity contribution in [2.24, 2.45) is 4.99 Å². The molecule has 1 aliphatic rings. The van der Waals surface area contributed by atoms with Crippen LogP contribution in [0.3, 0.4) is 0 Å². The topological polar surface area (TPSA) is 53.2 Å². The summed E-state index contributed by atoms with van der Waals surface area (Å²) < 4.78 is 10.7. The summed E-state index contributed by atoms with van der Waals surface area (Å²) in [6.45, 7) is 12.2. The molecule has 2 rings (SSSR count). The van der Waals surface area contributed by atoms with Gasteiger partial charge in [0.05, 0.1) is 12.9 Å². The molecule has 2 heterocycles. The van der Waals surface area contributed by atoms with Crippen LogP contribution in [-0.2, 0) is 11.2 Å². The minimum absolute atomic E-state index is 0.484. The molecule has 6 heteroatoms. The number of hydrogen-bond donors (Lipinski definition) is 1. The Morgan fingerprint density at radius 3 is 2.72 bits per heavy atom. The second-order valence-electron chi connectivity index (χ2n) is 6.80. The van der Waals surface area contributed by atoms with Crippen LogP contribution in [0.5, 0.6) is 0 Å². The molecule has 6 nitrogen and oxygen atoms in total. The Morgan fingerprint density at radius 2 is 2.12 bits per heavy atom. The number of rotatable bonds is 8. The summed E-state index contributed by atoms with van der Waals surface area (Å²) in [5.74, 6) is 2.03. The van der Waals surface area contributed by atoms with E-state index in [1.54, 1.807) is 13.4 Å². The van der Waals surface area contributed by atoms with Gasteiger partial charge in [-0.25, -0.2) is 0 Å². The van der Waals surface area contributed by atoms with Gasteiger partial charge in [0.1, 0.15) is 5.76 Å². The fourth-order valence-corrected chi connectivity index (χ4v) is 3.40. The normalized spacial score (nSPS) is 22.4. The third-order valence-corrected chi connectivity index (χ3v) is 4.67. The number of furan rings is 1. The van der Waals surface area contributed by atoms with E-state index in [1.807, 2.05) is 12.1 Å². The molecular formula is C19H34N4O2. The van der Waals surface area contributed by atoms with Crippen LogP contribution >= 0.6 is 0 Å². The first kappa shape index (κ1) is 19.8. The van der Waals surface area contributed by atoms with Crippen LogP contribution in [0, 0.1) is 0 Å². The fourth-order valence-electron chi connectivity index (χ4n) is 3.40. The Hall–Kier alpha value is -1.53. The minimum Gasteiger partial charge on any atom is -0.469 e. The Balaban J connectivity index is 1.93. The average molecular weight is 351 g/mol. The zero-order chi connectivity index (χ0) is 18.1. The Kier molecular flexibility index (Phi) is 8.28. The molecule has 0 bridgehead atoms. The van der Waals surface area contributed by atoms with Gasteiger partial charge in [0.15, 0.2) is 5.96 Å². The molecule has 0 aromatic carbocycles. The number of nitrogens with one attached hydrogen (secondary N) is 1. The lowest BCUT2D eigenvalue weighted by atomic mass is 10.1. The van der Waals surface area contributed by atoms with Gasteiger partial charge in [0.2, 0.25) is 0 Å². The maximum atomic E-state index is 5.42. The molecule has 2 unspecified atom stereocenters. The molecule has 1 fully saturated rings. The van der Waals surface area contributed by atoms with Gasteiger partial charge in [-0.2, -0.15) is 0 Å². The number of ether oxygens (including phenoxy) is 1. The van der Waals surface area contributed by atoms with Crippen molar-refractivity contribution in [1.82, 2.24) is 15.1 Å². The lowest BCUT2D eigenvalue weighted by Crippen LogP contribution is -2.60. The number of piperazine rings is 1. The van der Waals surface area contributed by atoms with Crippen LogP contribution in [-0.4, -0.2) is 74.3 Å². The van der Waals surface area contributed by atoms with Crippen molar-refractivity contribution in [2.75, 3.05) is 46.4 Å². The molecule has 0 saturated carbocycles. The standard InChI is InChI=1S/C19H34N4O2/c1-5-9-20-19(21-10-8-18-7-6-12-25-18)22-14-16(2)23(11-13-24-4)17(3)15-22/h6-7,12,16-17H,5,8-11,13-15H2,1-4H3,(H,20,21). The van der Waals surface area contributed by atoms with Gasteiger partial charge in [0.25, 0.3) is 0 Å². The van der Waals surface area contributed by atoms with Gasteiger partial charge >= 0.3 is 0 Å². The van der Waals surface area contributed by atoms with Crippen molar-refractivity contribution in [3.05, 3.63) is 24.2 Å². The molecule has 0 amide bonds. The van der Waals surface area contributed by atoms with Gasteiger partial charge in [-0.3, -0.25) is 9.89 Å². The third-order valence-electron chi connectivity index (χ3n) is 4.67. The summed E-state index contributed by atoms with van der Waals surface area (Å²) in [4.78, 5) is 9.73. The summed E-state index contributed by atoms with van der Waals surface area (Å²) in [6.07, 6.45) is 3.66. The molecule has 2 atom stereocenters. The van der Waals surface area contributed by atoms with Gasteiger partial charge in [0, 0.05) is 58.3 Å². The predicted octanol–water partition coefficient (Wildman–Crippen LogP) is 2.22. The summed E-state index contributed by atoms with van der Waals surface area (Å²) in [6, 6.07) is 4.92. The summed E-state index contributed by atoms with van der Waals surface area (Å²) >= 11 is 0. The second kappa shape index (κ2) is 10.5. The highest BCUT2D eigenvalue weighted by Gasteiger charge is 2.30. The lowest BCUT2D eigenvalue weighted by molar-refractivity contribution is 0.0443. The zero-order valence-electron chi connectivity index (χ0n) is 16.2. The van der Waals surface area contributed by atoms with E-state index >= 15 is 0 Å². The van der Waals surface area contributed by atoms with E-state index in [0.29, 0.717) is 12.1 Å². The van der Waals surface area contributed by atoms with Crippen molar-refractivity contribution in [3.8, 4) is 0 Å². The highest BCUT2D eigenvalue weighted by atomic mass is 16.5. The monoisotopic (exact) mass is 350 g/mol. The van der Waals surface area contributed by atoms with Crippen LogP contribution in [0.2, 0.25) is 0 Å². The van der Waals surface area contributed by atoms with Crippen LogP contribution in [0.15, 0.2) is 27.8 Å². The van der Waals surface area contributed by atoms with E-state index in [9.17, 15) is 0 Å². The fraction of sp³-hybridized carbons (Fsp3) is 0.737. The second-order valence-corrected chi connectivity index (χ2v) is 6.80. The number of nitrogens with zero attached hydrogens (tertiary/aromatic N) is 3. The first-order valence-corrected chi connectivity index (χ1v) is 9.46. The summed E-state index contributed by atoms with van der Waals surface area (Å²) in [5.41, 5.74) is 0. The number of hydrogen-bond acceptors (Lipinski definition) is 4. The van der Waals surface area contributed by atoms with E-state index in [0.717, 1.165) is 63.9 Å². The third kappa shape index (κ3) is 6.04. The van der Waals surface area contributed by atoms with E-state index in [1.165, 1.54) is 0 Å². The van der Waals surface area contributed by atoms with Crippen LogP contribution in [0.25, 0.3) is 0 Å². The highest BCUT2D eigenvalue weighted by Crippen LogP contribution is 2.15. The van der Waals surface area contributed by atoms with Gasteiger partial charge in [-0.15, -0.1) is 0 Å². The molecule has 0 radical (unpaired) electrons. The number of methoxy groups -OCH3 is 1. The van der Waals surface area contributed by atoms with Crippen LogP contribution in [0.4, 0.5) is 0 Å². The summed E-state index contributed by atoms with van der Waals surface area (Å²) in [7, 11) is 1.77. The van der Waals surface area contributed by atoms with E-state index in [-0.39, 0.29) is 0 Å². The molecule has 1 N–H and O–H groups in total. The number of guanidine groups is 1. The summed E-state index contributed by atoms with van der Waals surface area (Å²) in [5, 5.41) is 3.53. The van der Waals surface area contributed by atoms with Crippen molar-refractivity contribution >= 4 is 5.96 Å². The maximum Gasteiger partial charge on any atom is 0.194 e. The zero-order valence-corrected chi connectivity index (χ0v) is 16.2. The molecule has 0 aliphatic carbocycles. The van der Waals surface area contributed by atoms with E-state index < -0.39 is 0 Å². The molecular weight excluding hydrogens is 316 g/mol. The SMILES string of the molecule is CCCN=C(NCCc1ccco1)N1CC(C)N(CCOC)C(C)C1. The lowest BCUT2D eigenvalue weighted by Gasteiger charge is -2.45. The van der Waals surface area contributed by atoms with Crippen molar-refractivity contribution in [3.63, 3.8) is 0 Å². The Bertz CT molecular complexity index is 492. The molecule has 25 heavy (non-hydrogen) atoms. The van der Waals surface area contributed by atoms with Crippen molar-refractivity contribution in [1.29, 1.82) is 0 Å². The van der Waals surface area contributed by atoms with E-state index in [2.05, 4.69) is 35.9 Å². The van der Waals surface area contributed by atoms with Crippen molar-refractivity contribution < 1.29 is 9.15 Å². The quantitative estimate of drug-likeness (QED) is 0.575. The molecule has 142 valence electrons. The molecule has 0 spiro atoms. The van der Waals surface area contributed by atoms with Gasteiger partial charge in [-0.1, -0.05) is 6.92 Å². The molecule has 1 aromatic heterocycles. The Morgan fingerprint density at radius 1 is 1.36 bits per heavy atom. The Labute approximate surface area is 152 Å². The predicted molar refractivity (Wildman–Crippen MR) is 102 cm³/mol. The molecule has 1 aromatic rings. The largest absolute Gasteiger partial charge is 0.469 e. The minimum atomic E-state index is 0.484. The average Bonchev–Trinajstić information content (AvgIpc) is 3.10.